The second kappa shape index (κ2) is 5.17. The van der Waals surface area contributed by atoms with E-state index in [0.717, 1.165) is 18.7 Å². The minimum absolute atomic E-state index is 0.0977. The molecule has 0 saturated heterocycles. The first-order chi connectivity index (χ1) is 9.70. The summed E-state index contributed by atoms with van der Waals surface area (Å²) in [6.07, 6.45) is 0. The highest BCUT2D eigenvalue weighted by molar-refractivity contribution is 5.80. The first kappa shape index (κ1) is 13.0. The van der Waals surface area contributed by atoms with E-state index in [1.165, 1.54) is 22.6 Å². The van der Waals surface area contributed by atoms with E-state index in [9.17, 15) is 5.11 Å². The number of rotatable bonds is 2. The van der Waals surface area contributed by atoms with Gasteiger partial charge in [-0.05, 0) is 36.2 Å². The lowest BCUT2D eigenvalue weighted by Gasteiger charge is -2.37. The molecular weight excluding hydrogens is 248 g/mol. The van der Waals surface area contributed by atoms with Crippen LogP contribution in [0.15, 0.2) is 42.5 Å². The summed E-state index contributed by atoms with van der Waals surface area (Å²) in [5.41, 5.74) is 5.91. The van der Waals surface area contributed by atoms with Gasteiger partial charge in [0, 0.05) is 25.8 Å². The molecule has 3 nitrogen and oxygen atoms in total. The maximum absolute atomic E-state index is 9.24. The van der Waals surface area contributed by atoms with Gasteiger partial charge in [0.25, 0.3) is 0 Å². The molecule has 104 valence electrons. The zero-order chi connectivity index (χ0) is 14.1. The van der Waals surface area contributed by atoms with Crippen LogP contribution in [0.2, 0.25) is 0 Å². The lowest BCUT2D eigenvalue weighted by atomic mass is 10.1. The van der Waals surface area contributed by atoms with Crippen molar-refractivity contribution in [2.45, 2.75) is 13.5 Å². The molecule has 20 heavy (non-hydrogen) atoms. The van der Waals surface area contributed by atoms with E-state index in [1.54, 1.807) is 0 Å². The summed E-state index contributed by atoms with van der Waals surface area (Å²) < 4.78 is 0. The normalized spacial score (nSPS) is 14.3. The van der Waals surface area contributed by atoms with Crippen molar-refractivity contribution in [3.63, 3.8) is 0 Å². The summed E-state index contributed by atoms with van der Waals surface area (Å²) in [7, 11) is 2.14. The largest absolute Gasteiger partial charge is 0.392 e. The van der Waals surface area contributed by atoms with Crippen molar-refractivity contribution >= 4 is 17.1 Å². The summed E-state index contributed by atoms with van der Waals surface area (Å²) in [5, 5.41) is 9.24. The number of fused-ring (bicyclic) bond motifs is 1. The average molecular weight is 268 g/mol. The van der Waals surface area contributed by atoms with Crippen LogP contribution in [-0.2, 0) is 6.61 Å². The Morgan fingerprint density at radius 1 is 1.00 bits per heavy atom. The molecular formula is C17H20N2O. The van der Waals surface area contributed by atoms with Crippen LogP contribution in [0.5, 0.6) is 0 Å². The summed E-state index contributed by atoms with van der Waals surface area (Å²) in [6, 6.07) is 14.7. The molecule has 1 heterocycles. The molecule has 1 aliphatic rings. The van der Waals surface area contributed by atoms with Crippen LogP contribution in [0.3, 0.4) is 0 Å². The van der Waals surface area contributed by atoms with Gasteiger partial charge in [0.1, 0.15) is 0 Å². The van der Waals surface area contributed by atoms with Crippen LogP contribution in [0.25, 0.3) is 0 Å². The van der Waals surface area contributed by atoms with E-state index in [1.807, 2.05) is 6.07 Å². The number of aliphatic hydroxyl groups is 1. The number of anilines is 3. The number of aryl methyl sites for hydroxylation is 1. The first-order valence-electron chi connectivity index (χ1n) is 6.99. The van der Waals surface area contributed by atoms with Crippen molar-refractivity contribution in [1.29, 1.82) is 0 Å². The minimum Gasteiger partial charge on any atom is -0.392 e. The van der Waals surface area contributed by atoms with Gasteiger partial charge in [-0.2, -0.15) is 0 Å². The third-order valence-corrected chi connectivity index (χ3v) is 3.98. The van der Waals surface area contributed by atoms with Gasteiger partial charge in [-0.15, -0.1) is 0 Å². The minimum atomic E-state index is 0.0977. The van der Waals surface area contributed by atoms with Gasteiger partial charge in [0.15, 0.2) is 0 Å². The topological polar surface area (TPSA) is 26.7 Å². The highest BCUT2D eigenvalue weighted by Gasteiger charge is 2.21. The number of nitrogens with zero attached hydrogens (tertiary/aromatic N) is 2. The predicted molar refractivity (Wildman–Crippen MR) is 83.8 cm³/mol. The van der Waals surface area contributed by atoms with Gasteiger partial charge >= 0.3 is 0 Å². The Bertz CT molecular complexity index is 624. The first-order valence-corrected chi connectivity index (χ1v) is 6.99. The van der Waals surface area contributed by atoms with Crippen LogP contribution in [0.4, 0.5) is 17.1 Å². The van der Waals surface area contributed by atoms with Crippen LogP contribution >= 0.6 is 0 Å². The standard InChI is InChI=1S/C17H20N2O/c1-13-11-14(12-20)7-8-15(13)19-10-9-18(2)16-5-3-4-6-17(16)19/h3-8,11,20H,9-10,12H2,1-2H3. The summed E-state index contributed by atoms with van der Waals surface area (Å²) in [5.74, 6) is 0. The molecule has 0 saturated carbocycles. The van der Waals surface area contributed by atoms with E-state index in [2.05, 4.69) is 60.2 Å². The van der Waals surface area contributed by atoms with Crippen molar-refractivity contribution in [1.82, 2.24) is 0 Å². The Hall–Kier alpha value is -2.00. The smallest absolute Gasteiger partial charge is 0.0681 e. The van der Waals surface area contributed by atoms with E-state index in [4.69, 9.17) is 0 Å². The average Bonchev–Trinajstić information content (AvgIpc) is 2.48. The molecule has 3 heteroatoms. The van der Waals surface area contributed by atoms with Gasteiger partial charge in [-0.3, -0.25) is 0 Å². The fourth-order valence-electron chi connectivity index (χ4n) is 2.88. The number of hydrogen-bond acceptors (Lipinski definition) is 3. The number of benzene rings is 2. The monoisotopic (exact) mass is 268 g/mol. The quantitative estimate of drug-likeness (QED) is 0.906. The molecule has 0 bridgehead atoms. The van der Waals surface area contributed by atoms with E-state index in [0.29, 0.717) is 0 Å². The molecule has 1 aliphatic heterocycles. The molecule has 2 aromatic carbocycles. The van der Waals surface area contributed by atoms with Gasteiger partial charge in [-0.25, -0.2) is 0 Å². The number of aliphatic hydroxyl groups excluding tert-OH is 1. The molecule has 0 unspecified atom stereocenters. The van der Waals surface area contributed by atoms with Crippen LogP contribution < -0.4 is 9.80 Å². The second-order valence-corrected chi connectivity index (χ2v) is 5.34. The van der Waals surface area contributed by atoms with Gasteiger partial charge in [0.05, 0.1) is 18.0 Å². The lowest BCUT2D eigenvalue weighted by molar-refractivity contribution is 0.282. The van der Waals surface area contributed by atoms with Crippen molar-refractivity contribution in [2.24, 2.45) is 0 Å². The number of likely N-dealkylation sites (N-methyl/N-ethyl adjacent to an activating group) is 1. The predicted octanol–water partition coefficient (Wildman–Crippen LogP) is 3.08. The molecule has 0 radical (unpaired) electrons. The van der Waals surface area contributed by atoms with Crippen molar-refractivity contribution < 1.29 is 5.11 Å². The molecule has 3 rings (SSSR count). The Morgan fingerprint density at radius 2 is 1.75 bits per heavy atom. The van der Waals surface area contributed by atoms with Crippen LogP contribution in [-0.4, -0.2) is 25.2 Å². The third-order valence-electron chi connectivity index (χ3n) is 3.98. The third kappa shape index (κ3) is 2.14. The van der Waals surface area contributed by atoms with Crippen LogP contribution in [0.1, 0.15) is 11.1 Å². The molecule has 0 amide bonds. The fraction of sp³-hybridized carbons (Fsp3) is 0.294. The number of para-hydroxylation sites is 2. The molecule has 0 atom stereocenters. The summed E-state index contributed by atoms with van der Waals surface area (Å²) in [4.78, 5) is 4.66. The highest BCUT2D eigenvalue weighted by Crippen LogP contribution is 2.38. The lowest BCUT2D eigenvalue weighted by Crippen LogP contribution is -2.36. The molecule has 1 N–H and O–H groups in total. The summed E-state index contributed by atoms with van der Waals surface area (Å²) in [6.45, 7) is 4.20. The molecule has 0 fully saturated rings. The second-order valence-electron chi connectivity index (χ2n) is 5.34. The van der Waals surface area contributed by atoms with Crippen molar-refractivity contribution in [3.8, 4) is 0 Å². The maximum Gasteiger partial charge on any atom is 0.0681 e. The van der Waals surface area contributed by atoms with Crippen molar-refractivity contribution in [3.05, 3.63) is 53.6 Å². The Balaban J connectivity index is 2.05. The zero-order valence-corrected chi connectivity index (χ0v) is 12.0. The Kier molecular flexibility index (Phi) is 3.36. The Morgan fingerprint density at radius 3 is 2.45 bits per heavy atom. The SMILES string of the molecule is Cc1cc(CO)ccc1N1CCN(C)c2ccccc21. The molecule has 2 aromatic rings. The maximum atomic E-state index is 9.24. The van der Waals surface area contributed by atoms with E-state index in [-0.39, 0.29) is 6.61 Å². The van der Waals surface area contributed by atoms with Gasteiger partial charge in [-0.1, -0.05) is 24.3 Å². The molecule has 0 aromatic heterocycles. The van der Waals surface area contributed by atoms with E-state index >= 15 is 0 Å². The van der Waals surface area contributed by atoms with Crippen molar-refractivity contribution in [2.75, 3.05) is 29.9 Å². The zero-order valence-electron chi connectivity index (χ0n) is 12.0. The Labute approximate surface area is 120 Å². The fourth-order valence-corrected chi connectivity index (χ4v) is 2.88. The molecule has 0 spiro atoms. The van der Waals surface area contributed by atoms with Crippen LogP contribution in [0, 0.1) is 6.92 Å². The molecule has 0 aliphatic carbocycles. The van der Waals surface area contributed by atoms with E-state index < -0.39 is 0 Å². The summed E-state index contributed by atoms with van der Waals surface area (Å²) >= 11 is 0. The highest BCUT2D eigenvalue weighted by atomic mass is 16.3. The van der Waals surface area contributed by atoms with Gasteiger partial charge < -0.3 is 14.9 Å². The van der Waals surface area contributed by atoms with Gasteiger partial charge in [0.2, 0.25) is 0 Å². The number of hydrogen-bond donors (Lipinski definition) is 1.